The summed E-state index contributed by atoms with van der Waals surface area (Å²) in [7, 11) is 0. The molecule has 1 saturated heterocycles. The van der Waals surface area contributed by atoms with Gasteiger partial charge in [-0.2, -0.15) is 0 Å². The molecule has 0 amide bonds. The SMILES string of the molecule is CC1(C(=O)c2ccc3c(c2)OCCCO3)CCCCO1. The highest BCUT2D eigenvalue weighted by Gasteiger charge is 2.36. The Balaban J connectivity index is 1.86. The van der Waals surface area contributed by atoms with Gasteiger partial charge in [0.2, 0.25) is 0 Å². The van der Waals surface area contributed by atoms with E-state index in [1.54, 1.807) is 12.1 Å². The second-order valence-electron chi connectivity index (χ2n) is 5.58. The smallest absolute Gasteiger partial charge is 0.194 e. The number of benzene rings is 1. The summed E-state index contributed by atoms with van der Waals surface area (Å²) < 4.78 is 17.0. The Morgan fingerprint density at radius 1 is 1.05 bits per heavy atom. The van der Waals surface area contributed by atoms with Crippen LogP contribution in [-0.4, -0.2) is 31.2 Å². The summed E-state index contributed by atoms with van der Waals surface area (Å²) in [6.07, 6.45) is 3.70. The molecule has 3 rings (SSSR count). The Hall–Kier alpha value is -1.55. The third-order valence-electron chi connectivity index (χ3n) is 3.96. The van der Waals surface area contributed by atoms with Crippen LogP contribution in [0.15, 0.2) is 18.2 Å². The van der Waals surface area contributed by atoms with E-state index in [1.807, 2.05) is 13.0 Å². The molecule has 0 spiro atoms. The van der Waals surface area contributed by atoms with Crippen molar-refractivity contribution in [1.82, 2.24) is 0 Å². The first-order chi connectivity index (χ1) is 9.69. The third kappa shape index (κ3) is 2.52. The Morgan fingerprint density at radius 2 is 1.85 bits per heavy atom. The van der Waals surface area contributed by atoms with E-state index in [4.69, 9.17) is 14.2 Å². The van der Waals surface area contributed by atoms with E-state index in [9.17, 15) is 4.79 Å². The lowest BCUT2D eigenvalue weighted by molar-refractivity contribution is -0.0426. The van der Waals surface area contributed by atoms with Crippen molar-refractivity contribution in [2.24, 2.45) is 0 Å². The molecule has 1 aromatic rings. The molecular formula is C16H20O4. The first-order valence-electron chi connectivity index (χ1n) is 7.27. The van der Waals surface area contributed by atoms with Gasteiger partial charge in [-0.25, -0.2) is 0 Å². The van der Waals surface area contributed by atoms with E-state index in [2.05, 4.69) is 0 Å². The van der Waals surface area contributed by atoms with Crippen molar-refractivity contribution in [3.05, 3.63) is 23.8 Å². The fraction of sp³-hybridized carbons (Fsp3) is 0.562. The molecule has 1 unspecified atom stereocenters. The summed E-state index contributed by atoms with van der Waals surface area (Å²) in [5, 5.41) is 0. The molecule has 108 valence electrons. The molecule has 0 saturated carbocycles. The predicted octanol–water partition coefficient (Wildman–Crippen LogP) is 2.99. The second kappa shape index (κ2) is 5.44. The maximum absolute atomic E-state index is 12.7. The third-order valence-corrected chi connectivity index (χ3v) is 3.96. The van der Waals surface area contributed by atoms with Crippen LogP contribution in [0, 0.1) is 0 Å². The average molecular weight is 276 g/mol. The first-order valence-corrected chi connectivity index (χ1v) is 7.27. The number of hydrogen-bond acceptors (Lipinski definition) is 4. The number of ketones is 1. The zero-order chi connectivity index (χ0) is 14.0. The molecule has 1 fully saturated rings. The number of hydrogen-bond donors (Lipinski definition) is 0. The van der Waals surface area contributed by atoms with Crippen molar-refractivity contribution in [3.63, 3.8) is 0 Å². The minimum atomic E-state index is -0.696. The highest BCUT2D eigenvalue weighted by Crippen LogP contribution is 2.34. The fourth-order valence-corrected chi connectivity index (χ4v) is 2.72. The van der Waals surface area contributed by atoms with Gasteiger partial charge in [0.25, 0.3) is 0 Å². The van der Waals surface area contributed by atoms with E-state index < -0.39 is 5.60 Å². The summed E-state index contributed by atoms with van der Waals surface area (Å²) in [6.45, 7) is 3.82. The Kier molecular flexibility index (Phi) is 3.66. The highest BCUT2D eigenvalue weighted by atomic mass is 16.5. The van der Waals surface area contributed by atoms with Gasteiger partial charge in [-0.15, -0.1) is 0 Å². The summed E-state index contributed by atoms with van der Waals surface area (Å²) in [6, 6.07) is 5.41. The molecule has 0 bridgehead atoms. The molecule has 4 nitrogen and oxygen atoms in total. The van der Waals surface area contributed by atoms with Crippen molar-refractivity contribution in [1.29, 1.82) is 0 Å². The number of carbonyl (C=O) groups excluding carboxylic acids is 1. The van der Waals surface area contributed by atoms with Crippen LogP contribution in [0.2, 0.25) is 0 Å². The molecular weight excluding hydrogens is 256 g/mol. The van der Waals surface area contributed by atoms with E-state index in [-0.39, 0.29) is 5.78 Å². The van der Waals surface area contributed by atoms with E-state index in [0.29, 0.717) is 36.9 Å². The van der Waals surface area contributed by atoms with E-state index >= 15 is 0 Å². The quantitative estimate of drug-likeness (QED) is 0.779. The topological polar surface area (TPSA) is 44.8 Å². The second-order valence-corrected chi connectivity index (χ2v) is 5.58. The van der Waals surface area contributed by atoms with Crippen molar-refractivity contribution < 1.29 is 19.0 Å². The molecule has 2 aliphatic heterocycles. The summed E-state index contributed by atoms with van der Waals surface area (Å²) in [5.41, 5.74) is -0.0587. The highest BCUT2D eigenvalue weighted by molar-refractivity contribution is 6.02. The van der Waals surface area contributed by atoms with Gasteiger partial charge in [0.1, 0.15) is 5.60 Å². The van der Waals surface area contributed by atoms with Gasteiger partial charge < -0.3 is 14.2 Å². The molecule has 2 heterocycles. The van der Waals surface area contributed by atoms with Crippen LogP contribution in [0.4, 0.5) is 0 Å². The van der Waals surface area contributed by atoms with Crippen LogP contribution >= 0.6 is 0 Å². The number of Topliss-reactive ketones (excluding diaryl/α,β-unsaturated/α-hetero) is 1. The molecule has 20 heavy (non-hydrogen) atoms. The number of carbonyl (C=O) groups is 1. The minimum Gasteiger partial charge on any atom is -0.490 e. The number of fused-ring (bicyclic) bond motifs is 1. The van der Waals surface area contributed by atoms with Gasteiger partial charge in [0.05, 0.1) is 13.2 Å². The predicted molar refractivity (Wildman–Crippen MR) is 74.6 cm³/mol. The van der Waals surface area contributed by atoms with E-state index in [0.717, 1.165) is 25.7 Å². The molecule has 1 aromatic carbocycles. The lowest BCUT2D eigenvalue weighted by Crippen LogP contribution is -2.41. The molecule has 2 aliphatic rings. The van der Waals surface area contributed by atoms with Crippen LogP contribution < -0.4 is 9.47 Å². The first kappa shape index (κ1) is 13.4. The lowest BCUT2D eigenvalue weighted by Gasteiger charge is -2.32. The van der Waals surface area contributed by atoms with E-state index in [1.165, 1.54) is 0 Å². The maximum atomic E-state index is 12.7. The molecule has 0 aromatic heterocycles. The summed E-state index contributed by atoms with van der Waals surface area (Å²) in [4.78, 5) is 12.7. The Bertz CT molecular complexity index is 503. The molecule has 4 heteroatoms. The normalized spacial score (nSPS) is 25.9. The van der Waals surface area contributed by atoms with Crippen molar-refractivity contribution in [2.75, 3.05) is 19.8 Å². The van der Waals surface area contributed by atoms with Crippen LogP contribution in [0.5, 0.6) is 11.5 Å². The molecule has 0 radical (unpaired) electrons. The fourth-order valence-electron chi connectivity index (χ4n) is 2.72. The van der Waals surface area contributed by atoms with Crippen molar-refractivity contribution in [3.8, 4) is 11.5 Å². The largest absolute Gasteiger partial charge is 0.490 e. The van der Waals surface area contributed by atoms with Gasteiger partial charge in [-0.3, -0.25) is 4.79 Å². The number of ether oxygens (including phenoxy) is 3. The van der Waals surface area contributed by atoms with Crippen LogP contribution in [0.3, 0.4) is 0 Å². The maximum Gasteiger partial charge on any atom is 0.194 e. The molecule has 0 aliphatic carbocycles. The summed E-state index contributed by atoms with van der Waals surface area (Å²) >= 11 is 0. The van der Waals surface area contributed by atoms with Gasteiger partial charge in [0, 0.05) is 18.6 Å². The van der Waals surface area contributed by atoms with Gasteiger partial charge in [-0.05, 0) is 44.4 Å². The zero-order valence-electron chi connectivity index (χ0n) is 11.8. The van der Waals surface area contributed by atoms with Gasteiger partial charge in [0.15, 0.2) is 17.3 Å². The number of rotatable bonds is 2. The van der Waals surface area contributed by atoms with Gasteiger partial charge >= 0.3 is 0 Å². The summed E-state index contributed by atoms with van der Waals surface area (Å²) in [5.74, 6) is 1.41. The van der Waals surface area contributed by atoms with Crippen LogP contribution in [-0.2, 0) is 4.74 Å². The van der Waals surface area contributed by atoms with Crippen LogP contribution in [0.25, 0.3) is 0 Å². The molecule has 1 atom stereocenters. The van der Waals surface area contributed by atoms with Gasteiger partial charge in [-0.1, -0.05) is 0 Å². The Labute approximate surface area is 119 Å². The van der Waals surface area contributed by atoms with Crippen molar-refractivity contribution >= 4 is 5.78 Å². The zero-order valence-corrected chi connectivity index (χ0v) is 11.8. The monoisotopic (exact) mass is 276 g/mol. The Morgan fingerprint density at radius 3 is 2.60 bits per heavy atom. The van der Waals surface area contributed by atoms with Crippen LogP contribution in [0.1, 0.15) is 43.0 Å². The average Bonchev–Trinajstić information content (AvgIpc) is 2.71. The lowest BCUT2D eigenvalue weighted by atomic mass is 9.87. The standard InChI is InChI=1S/C16H20O4/c1-16(7-2-3-10-20-16)15(17)12-5-6-13-14(11-12)19-9-4-8-18-13/h5-6,11H,2-4,7-10H2,1H3. The minimum absolute atomic E-state index is 0.0350. The molecule has 0 N–H and O–H groups in total. The van der Waals surface area contributed by atoms with Crippen molar-refractivity contribution in [2.45, 2.75) is 38.2 Å².